The molecular formula is C14H19NO4. The summed E-state index contributed by atoms with van der Waals surface area (Å²) in [5.41, 5.74) is 0.0931. The van der Waals surface area contributed by atoms with Crippen molar-refractivity contribution in [3.8, 4) is 0 Å². The fourth-order valence-electron chi connectivity index (χ4n) is 2.52. The molecule has 1 fully saturated rings. The van der Waals surface area contributed by atoms with Crippen molar-refractivity contribution in [2.75, 3.05) is 6.54 Å². The van der Waals surface area contributed by atoms with Gasteiger partial charge in [-0.15, -0.1) is 0 Å². The molecule has 0 bridgehead atoms. The third-order valence-corrected chi connectivity index (χ3v) is 3.64. The topological polar surface area (TPSA) is 70.8 Å². The van der Waals surface area contributed by atoms with E-state index in [1.165, 1.54) is 6.07 Å². The zero-order valence-corrected chi connectivity index (χ0v) is 11.3. The monoisotopic (exact) mass is 265 g/mol. The van der Waals surface area contributed by atoms with Crippen LogP contribution in [0.15, 0.2) is 10.5 Å². The maximum absolute atomic E-state index is 12.4. The van der Waals surface area contributed by atoms with Gasteiger partial charge < -0.3 is 14.4 Å². The molecule has 5 heteroatoms. The minimum absolute atomic E-state index is 0.0931. The van der Waals surface area contributed by atoms with Crippen molar-refractivity contribution in [3.63, 3.8) is 0 Å². The van der Waals surface area contributed by atoms with Gasteiger partial charge in [0.25, 0.3) is 5.91 Å². The Labute approximate surface area is 112 Å². The number of amides is 1. The van der Waals surface area contributed by atoms with Gasteiger partial charge in [-0.25, -0.2) is 4.79 Å². The Balaban J connectivity index is 2.26. The number of carboxylic acid groups (broad SMARTS) is 1. The first-order valence-corrected chi connectivity index (χ1v) is 6.71. The summed E-state index contributed by atoms with van der Waals surface area (Å²) in [6.45, 7) is 4.53. The number of carbonyl (C=O) groups is 2. The first kappa shape index (κ1) is 13.6. The number of piperidine rings is 1. The van der Waals surface area contributed by atoms with Gasteiger partial charge in [-0.2, -0.15) is 0 Å². The number of aromatic carboxylic acids is 1. The lowest BCUT2D eigenvalue weighted by Gasteiger charge is -2.32. The molecule has 0 saturated carbocycles. The van der Waals surface area contributed by atoms with Crippen LogP contribution in [0.25, 0.3) is 0 Å². The maximum atomic E-state index is 12.4. The van der Waals surface area contributed by atoms with Gasteiger partial charge in [-0.05, 0) is 26.2 Å². The summed E-state index contributed by atoms with van der Waals surface area (Å²) in [6.07, 6.45) is 3.57. The molecule has 1 atom stereocenters. The number of rotatable bonds is 3. The highest BCUT2D eigenvalue weighted by Gasteiger charge is 2.28. The molecule has 1 amide bonds. The molecule has 1 aromatic heterocycles. The minimum Gasteiger partial charge on any atom is -0.478 e. The van der Waals surface area contributed by atoms with Gasteiger partial charge in [0.1, 0.15) is 11.3 Å². The largest absolute Gasteiger partial charge is 0.478 e. The quantitative estimate of drug-likeness (QED) is 0.911. The number of nitrogens with zero attached hydrogens (tertiary/aromatic N) is 1. The average Bonchev–Trinajstić information content (AvgIpc) is 2.83. The SMILES string of the molecule is CCc1oc(C(=O)N2CCCCC2C)cc1C(=O)O. The van der Waals surface area contributed by atoms with Crippen molar-refractivity contribution in [2.45, 2.75) is 45.6 Å². The summed E-state index contributed by atoms with van der Waals surface area (Å²) >= 11 is 0. The van der Waals surface area contributed by atoms with Crippen molar-refractivity contribution in [1.82, 2.24) is 4.90 Å². The van der Waals surface area contributed by atoms with Crippen LogP contribution < -0.4 is 0 Å². The Morgan fingerprint density at radius 3 is 2.74 bits per heavy atom. The van der Waals surface area contributed by atoms with Crippen LogP contribution in [-0.2, 0) is 6.42 Å². The van der Waals surface area contributed by atoms with E-state index in [0.29, 0.717) is 18.7 Å². The molecule has 1 aliphatic rings. The third-order valence-electron chi connectivity index (χ3n) is 3.64. The van der Waals surface area contributed by atoms with E-state index in [2.05, 4.69) is 0 Å². The molecule has 1 saturated heterocycles. The maximum Gasteiger partial charge on any atom is 0.339 e. The van der Waals surface area contributed by atoms with E-state index in [1.807, 2.05) is 13.8 Å². The minimum atomic E-state index is -1.05. The van der Waals surface area contributed by atoms with Crippen LogP contribution in [0.1, 0.15) is 59.8 Å². The molecule has 0 aliphatic carbocycles. The Kier molecular flexibility index (Phi) is 3.93. The van der Waals surface area contributed by atoms with E-state index in [-0.39, 0.29) is 23.3 Å². The van der Waals surface area contributed by atoms with E-state index in [4.69, 9.17) is 9.52 Å². The van der Waals surface area contributed by atoms with Gasteiger partial charge in [-0.1, -0.05) is 6.92 Å². The Morgan fingerprint density at radius 1 is 1.47 bits per heavy atom. The summed E-state index contributed by atoms with van der Waals surface area (Å²) in [5, 5.41) is 9.07. The van der Waals surface area contributed by atoms with Crippen molar-refractivity contribution < 1.29 is 19.1 Å². The van der Waals surface area contributed by atoms with Gasteiger partial charge >= 0.3 is 5.97 Å². The summed E-state index contributed by atoms with van der Waals surface area (Å²) in [6, 6.07) is 1.54. The zero-order valence-electron chi connectivity index (χ0n) is 11.3. The van der Waals surface area contributed by atoms with E-state index in [0.717, 1.165) is 19.3 Å². The zero-order chi connectivity index (χ0) is 14.0. The highest BCUT2D eigenvalue weighted by atomic mass is 16.4. The van der Waals surface area contributed by atoms with Gasteiger partial charge in [0, 0.05) is 25.1 Å². The second kappa shape index (κ2) is 5.47. The molecule has 1 N–H and O–H groups in total. The average molecular weight is 265 g/mol. The lowest BCUT2D eigenvalue weighted by atomic mass is 10.0. The van der Waals surface area contributed by atoms with Crippen molar-refractivity contribution in [1.29, 1.82) is 0 Å². The molecule has 0 aromatic carbocycles. The molecule has 19 heavy (non-hydrogen) atoms. The highest BCUT2D eigenvalue weighted by molar-refractivity contribution is 5.96. The lowest BCUT2D eigenvalue weighted by Crippen LogP contribution is -2.41. The fourth-order valence-corrected chi connectivity index (χ4v) is 2.52. The van der Waals surface area contributed by atoms with E-state index >= 15 is 0 Å². The molecule has 2 rings (SSSR count). The van der Waals surface area contributed by atoms with Crippen molar-refractivity contribution in [3.05, 3.63) is 23.2 Å². The predicted octanol–water partition coefficient (Wildman–Crippen LogP) is 2.55. The molecule has 1 aliphatic heterocycles. The molecule has 1 aromatic rings. The number of furan rings is 1. The number of hydrogen-bond acceptors (Lipinski definition) is 3. The Hall–Kier alpha value is -1.78. The van der Waals surface area contributed by atoms with Crippen molar-refractivity contribution >= 4 is 11.9 Å². The summed E-state index contributed by atoms with van der Waals surface area (Å²) in [5.74, 6) is -0.746. The van der Waals surface area contributed by atoms with Crippen LogP contribution in [0.4, 0.5) is 0 Å². The van der Waals surface area contributed by atoms with Crippen LogP contribution in [0.3, 0.4) is 0 Å². The van der Waals surface area contributed by atoms with Crippen molar-refractivity contribution in [2.24, 2.45) is 0 Å². The molecular weight excluding hydrogens is 246 g/mol. The smallest absolute Gasteiger partial charge is 0.339 e. The third kappa shape index (κ3) is 2.64. The van der Waals surface area contributed by atoms with Crippen LogP contribution in [0.5, 0.6) is 0 Å². The van der Waals surface area contributed by atoms with Crippen LogP contribution >= 0.6 is 0 Å². The first-order valence-electron chi connectivity index (χ1n) is 6.71. The molecule has 0 radical (unpaired) electrons. The number of hydrogen-bond donors (Lipinski definition) is 1. The fraction of sp³-hybridized carbons (Fsp3) is 0.571. The van der Waals surface area contributed by atoms with Gasteiger partial charge in [-0.3, -0.25) is 4.79 Å². The molecule has 104 valence electrons. The van der Waals surface area contributed by atoms with Gasteiger partial charge in [0.05, 0.1) is 0 Å². The summed E-state index contributed by atoms with van der Waals surface area (Å²) in [4.78, 5) is 25.2. The van der Waals surface area contributed by atoms with Gasteiger partial charge in [0.15, 0.2) is 5.76 Å². The summed E-state index contributed by atoms with van der Waals surface area (Å²) in [7, 11) is 0. The molecule has 0 spiro atoms. The van der Waals surface area contributed by atoms with E-state index in [1.54, 1.807) is 4.90 Å². The number of aryl methyl sites for hydroxylation is 1. The number of carbonyl (C=O) groups excluding carboxylic acids is 1. The number of carboxylic acids is 1. The summed E-state index contributed by atoms with van der Waals surface area (Å²) < 4.78 is 5.42. The molecule has 5 nitrogen and oxygen atoms in total. The second-order valence-electron chi connectivity index (χ2n) is 4.95. The van der Waals surface area contributed by atoms with Gasteiger partial charge in [0.2, 0.25) is 0 Å². The highest BCUT2D eigenvalue weighted by Crippen LogP contribution is 2.22. The number of likely N-dealkylation sites (tertiary alicyclic amines) is 1. The second-order valence-corrected chi connectivity index (χ2v) is 4.95. The lowest BCUT2D eigenvalue weighted by molar-refractivity contribution is 0.0600. The standard InChI is InChI=1S/C14H19NO4/c1-3-11-10(14(17)18)8-12(19-11)13(16)15-7-5-4-6-9(15)2/h8-9H,3-7H2,1-2H3,(H,17,18). The van der Waals surface area contributed by atoms with Crippen LogP contribution in [0, 0.1) is 0 Å². The van der Waals surface area contributed by atoms with E-state index < -0.39 is 5.97 Å². The van der Waals surface area contributed by atoms with Crippen LogP contribution in [0.2, 0.25) is 0 Å². The van der Waals surface area contributed by atoms with E-state index in [9.17, 15) is 9.59 Å². The van der Waals surface area contributed by atoms with Crippen LogP contribution in [-0.4, -0.2) is 34.5 Å². The Morgan fingerprint density at radius 2 is 2.21 bits per heavy atom. The predicted molar refractivity (Wildman–Crippen MR) is 69.4 cm³/mol. The molecule has 1 unspecified atom stereocenters. The normalized spacial score (nSPS) is 19.5. The molecule has 2 heterocycles. The Bertz CT molecular complexity index is 492. The first-order chi connectivity index (χ1) is 9.04.